The molecule has 0 saturated heterocycles. The van der Waals surface area contributed by atoms with Crippen LogP contribution in [-0.2, 0) is 17.8 Å². The number of rotatable bonds is 7. The van der Waals surface area contributed by atoms with Crippen LogP contribution < -0.4 is 10.1 Å². The normalized spacial score (nSPS) is 11.0. The van der Waals surface area contributed by atoms with E-state index < -0.39 is 5.91 Å². The maximum absolute atomic E-state index is 12.6. The third-order valence-corrected chi connectivity index (χ3v) is 5.93. The van der Waals surface area contributed by atoms with E-state index in [1.807, 2.05) is 72.8 Å². The highest BCUT2D eigenvalue weighted by molar-refractivity contribution is 14.1. The largest absolute Gasteiger partial charge is 0.487 e. The van der Waals surface area contributed by atoms with Gasteiger partial charge in [0, 0.05) is 5.69 Å². The van der Waals surface area contributed by atoms with Gasteiger partial charge in [-0.25, -0.2) is 0 Å². The summed E-state index contributed by atoms with van der Waals surface area (Å²) >= 11 is 5.73. The van der Waals surface area contributed by atoms with E-state index in [9.17, 15) is 10.1 Å². The van der Waals surface area contributed by atoms with Crippen LogP contribution in [0.5, 0.6) is 5.75 Å². The Labute approximate surface area is 204 Å². The van der Waals surface area contributed by atoms with Crippen molar-refractivity contribution < 1.29 is 9.53 Å². The number of nitrogens with zero attached hydrogens (tertiary/aromatic N) is 1. The highest BCUT2D eigenvalue weighted by atomic mass is 127. The number of anilines is 1. The number of carbonyl (C=O) groups is 1. The smallest absolute Gasteiger partial charge is 0.266 e. The Kier molecular flexibility index (Phi) is 8.27. The fourth-order valence-corrected chi connectivity index (χ4v) is 4.64. The van der Waals surface area contributed by atoms with Gasteiger partial charge < -0.3 is 10.1 Å². The van der Waals surface area contributed by atoms with Crippen molar-refractivity contribution in [1.29, 1.82) is 5.26 Å². The molecule has 1 N–H and O–H groups in total. The highest BCUT2D eigenvalue weighted by Gasteiger charge is 2.13. The molecular formula is C25H20BrIN2O2. The Morgan fingerprint density at radius 2 is 1.84 bits per heavy atom. The van der Waals surface area contributed by atoms with Gasteiger partial charge in [-0.1, -0.05) is 49.4 Å². The summed E-state index contributed by atoms with van der Waals surface area (Å²) in [5.41, 5.74) is 3.67. The molecule has 0 fully saturated rings. The molecule has 156 valence electrons. The Hall–Kier alpha value is -2.63. The Balaban J connectivity index is 1.75. The minimum Gasteiger partial charge on any atom is -0.487 e. The van der Waals surface area contributed by atoms with Crippen molar-refractivity contribution in [3.8, 4) is 11.8 Å². The number of amides is 1. The zero-order chi connectivity index (χ0) is 22.2. The van der Waals surface area contributed by atoms with Crippen molar-refractivity contribution in [3.63, 3.8) is 0 Å². The summed E-state index contributed by atoms with van der Waals surface area (Å²) in [6, 6.07) is 23.2. The standard InChI is InChI=1S/C25H20BrIN2O2/c1-2-17-8-10-21(11-9-17)29-25(30)20(15-28)12-19-13-22(26)24(23(27)14-19)31-16-18-6-4-3-5-7-18/h3-14H,2,16H2,1H3,(H,29,30)/b20-12+. The summed E-state index contributed by atoms with van der Waals surface area (Å²) in [4.78, 5) is 12.6. The maximum atomic E-state index is 12.6. The van der Waals surface area contributed by atoms with Crippen LogP contribution in [0.3, 0.4) is 0 Å². The van der Waals surface area contributed by atoms with Crippen LogP contribution in [-0.4, -0.2) is 5.91 Å². The van der Waals surface area contributed by atoms with Crippen molar-refractivity contribution in [2.24, 2.45) is 0 Å². The second-order valence-corrected chi connectivity index (χ2v) is 8.78. The van der Waals surface area contributed by atoms with E-state index >= 15 is 0 Å². The summed E-state index contributed by atoms with van der Waals surface area (Å²) < 4.78 is 7.60. The van der Waals surface area contributed by atoms with Crippen molar-refractivity contribution in [1.82, 2.24) is 0 Å². The average Bonchev–Trinajstić information content (AvgIpc) is 2.78. The Morgan fingerprint density at radius 3 is 2.45 bits per heavy atom. The number of nitrogens with one attached hydrogen (secondary N) is 1. The van der Waals surface area contributed by atoms with E-state index in [4.69, 9.17) is 4.74 Å². The Bertz CT molecular complexity index is 1110. The summed E-state index contributed by atoms with van der Waals surface area (Å²) in [6.07, 6.45) is 2.50. The predicted molar refractivity (Wildman–Crippen MR) is 136 cm³/mol. The molecule has 6 heteroatoms. The van der Waals surface area contributed by atoms with Gasteiger partial charge in [0.2, 0.25) is 0 Å². The van der Waals surface area contributed by atoms with Gasteiger partial charge in [-0.05, 0) is 92.0 Å². The van der Waals surface area contributed by atoms with Gasteiger partial charge in [-0.2, -0.15) is 5.26 Å². The van der Waals surface area contributed by atoms with Crippen LogP contribution in [0, 0.1) is 14.9 Å². The number of nitriles is 1. The summed E-state index contributed by atoms with van der Waals surface area (Å²) in [6.45, 7) is 2.52. The quantitative estimate of drug-likeness (QED) is 0.189. The molecule has 0 unspecified atom stereocenters. The number of aryl methyl sites for hydroxylation is 1. The number of hydrogen-bond acceptors (Lipinski definition) is 3. The van der Waals surface area contributed by atoms with Gasteiger partial charge in [-0.15, -0.1) is 0 Å². The third-order valence-electron chi connectivity index (χ3n) is 4.54. The topological polar surface area (TPSA) is 62.1 Å². The SMILES string of the molecule is CCc1ccc(NC(=O)/C(C#N)=C/c2cc(Br)c(OCc3ccccc3)c(I)c2)cc1. The minimum atomic E-state index is -0.442. The fourth-order valence-electron chi connectivity index (χ4n) is 2.87. The van der Waals surface area contributed by atoms with Crippen LogP contribution in [0.4, 0.5) is 5.69 Å². The zero-order valence-corrected chi connectivity index (χ0v) is 20.6. The molecule has 3 rings (SSSR count). The van der Waals surface area contributed by atoms with E-state index in [0.29, 0.717) is 12.3 Å². The lowest BCUT2D eigenvalue weighted by atomic mass is 10.1. The molecule has 0 aliphatic carbocycles. The summed E-state index contributed by atoms with van der Waals surface area (Å²) in [7, 11) is 0. The van der Waals surface area contributed by atoms with Gasteiger partial charge in [0.1, 0.15) is 24.0 Å². The zero-order valence-electron chi connectivity index (χ0n) is 16.9. The van der Waals surface area contributed by atoms with E-state index in [2.05, 4.69) is 50.8 Å². The number of benzene rings is 3. The Morgan fingerprint density at radius 1 is 1.13 bits per heavy atom. The molecule has 0 heterocycles. The van der Waals surface area contributed by atoms with Crippen LogP contribution >= 0.6 is 38.5 Å². The van der Waals surface area contributed by atoms with E-state index in [1.54, 1.807) is 6.08 Å². The third kappa shape index (κ3) is 6.42. The molecule has 0 spiro atoms. The predicted octanol–water partition coefficient (Wildman–Crippen LogP) is 6.74. The summed E-state index contributed by atoms with van der Waals surface area (Å²) in [5.74, 6) is 0.280. The van der Waals surface area contributed by atoms with E-state index in [1.165, 1.54) is 5.56 Å². The van der Waals surface area contributed by atoms with Crippen molar-refractivity contribution in [2.45, 2.75) is 20.0 Å². The molecule has 0 aliphatic heterocycles. The summed E-state index contributed by atoms with van der Waals surface area (Å²) in [5, 5.41) is 12.3. The van der Waals surface area contributed by atoms with Crippen molar-refractivity contribution in [2.75, 3.05) is 5.32 Å². The first kappa shape index (κ1) is 23.0. The minimum absolute atomic E-state index is 0.0280. The molecule has 3 aromatic rings. The molecule has 0 bridgehead atoms. The molecule has 0 radical (unpaired) electrons. The molecule has 0 aliphatic rings. The highest BCUT2D eigenvalue weighted by Crippen LogP contribution is 2.33. The fraction of sp³-hybridized carbons (Fsp3) is 0.120. The number of carbonyl (C=O) groups excluding carboxylic acids is 1. The van der Waals surface area contributed by atoms with Crippen molar-refractivity contribution in [3.05, 3.63) is 97.0 Å². The second kappa shape index (κ2) is 11.1. The van der Waals surface area contributed by atoms with Gasteiger partial charge in [0.05, 0.1) is 8.04 Å². The number of halogens is 2. The van der Waals surface area contributed by atoms with Crippen LogP contribution in [0.2, 0.25) is 0 Å². The molecule has 0 aromatic heterocycles. The molecule has 1 amide bonds. The van der Waals surface area contributed by atoms with E-state index in [0.717, 1.165) is 31.3 Å². The first-order valence-corrected chi connectivity index (χ1v) is 11.5. The first-order valence-electron chi connectivity index (χ1n) is 9.68. The molecule has 31 heavy (non-hydrogen) atoms. The molecule has 0 saturated carbocycles. The lowest BCUT2D eigenvalue weighted by Crippen LogP contribution is -2.13. The first-order chi connectivity index (χ1) is 15.0. The van der Waals surface area contributed by atoms with Crippen LogP contribution in [0.1, 0.15) is 23.6 Å². The lowest BCUT2D eigenvalue weighted by Gasteiger charge is -2.12. The molecule has 3 aromatic carbocycles. The lowest BCUT2D eigenvalue weighted by molar-refractivity contribution is -0.112. The number of hydrogen-bond donors (Lipinski definition) is 1. The maximum Gasteiger partial charge on any atom is 0.266 e. The second-order valence-electron chi connectivity index (χ2n) is 6.76. The van der Waals surface area contributed by atoms with Gasteiger partial charge >= 0.3 is 0 Å². The van der Waals surface area contributed by atoms with E-state index in [-0.39, 0.29) is 5.57 Å². The van der Waals surface area contributed by atoms with Crippen LogP contribution in [0.25, 0.3) is 6.08 Å². The monoisotopic (exact) mass is 586 g/mol. The number of ether oxygens (including phenoxy) is 1. The molecular weight excluding hydrogens is 567 g/mol. The van der Waals surface area contributed by atoms with Gasteiger partial charge in [0.15, 0.2) is 0 Å². The molecule has 0 atom stereocenters. The molecule has 4 nitrogen and oxygen atoms in total. The van der Waals surface area contributed by atoms with Gasteiger partial charge in [-0.3, -0.25) is 4.79 Å². The van der Waals surface area contributed by atoms with Crippen LogP contribution in [0.15, 0.2) is 76.8 Å². The van der Waals surface area contributed by atoms with Gasteiger partial charge in [0.25, 0.3) is 5.91 Å². The average molecular weight is 587 g/mol. The van der Waals surface area contributed by atoms with Crippen molar-refractivity contribution >= 4 is 56.2 Å².